The summed E-state index contributed by atoms with van der Waals surface area (Å²) in [5, 5.41) is 0. The van der Waals surface area contributed by atoms with Gasteiger partial charge in [0.25, 0.3) is 5.56 Å². The fourth-order valence-corrected chi connectivity index (χ4v) is 1.92. The molecule has 0 aliphatic carbocycles. The predicted octanol–water partition coefficient (Wildman–Crippen LogP) is 1.70. The monoisotopic (exact) mass is 241 g/mol. The van der Waals surface area contributed by atoms with Crippen molar-refractivity contribution in [3.05, 3.63) is 53.3 Å². The van der Waals surface area contributed by atoms with Crippen LogP contribution < -0.4 is 10.3 Å². The topological polar surface area (TPSA) is 59.4 Å². The van der Waals surface area contributed by atoms with Crippen molar-refractivity contribution in [3.63, 3.8) is 0 Å². The number of benzene rings is 1. The van der Waals surface area contributed by atoms with Crippen LogP contribution in [0, 0.1) is 0 Å². The third-order valence-electron chi connectivity index (χ3n) is 2.86. The van der Waals surface area contributed by atoms with Crippen molar-refractivity contribution in [2.75, 3.05) is 7.11 Å². The normalized spacial score (nSPS) is 10.7. The Bertz CT molecular complexity index is 741. The van der Waals surface area contributed by atoms with Crippen LogP contribution in [0.2, 0.25) is 0 Å². The van der Waals surface area contributed by atoms with E-state index in [2.05, 4.69) is 9.97 Å². The highest BCUT2D eigenvalue weighted by atomic mass is 16.5. The third kappa shape index (κ3) is 1.57. The standard InChI is InChI=1S/C13H11N3O2/c1-18-10-4-2-9(3-5-10)11-7-15-13(17)12-6-14-8-16(11)12/h2-8H,1H3,(H,15,17). The number of nitrogens with zero attached hydrogens (tertiary/aromatic N) is 2. The zero-order valence-corrected chi connectivity index (χ0v) is 9.75. The molecule has 18 heavy (non-hydrogen) atoms. The number of aromatic nitrogens is 3. The van der Waals surface area contributed by atoms with Gasteiger partial charge in [0.15, 0.2) is 0 Å². The Kier molecular flexibility index (Phi) is 2.37. The number of ether oxygens (including phenoxy) is 1. The van der Waals surface area contributed by atoms with E-state index in [9.17, 15) is 4.79 Å². The Labute approximate surface area is 103 Å². The van der Waals surface area contributed by atoms with Crippen molar-refractivity contribution < 1.29 is 4.74 Å². The van der Waals surface area contributed by atoms with E-state index in [1.807, 2.05) is 24.3 Å². The first kappa shape index (κ1) is 10.6. The number of methoxy groups -OCH3 is 1. The molecule has 0 radical (unpaired) electrons. The molecule has 0 saturated carbocycles. The third-order valence-corrected chi connectivity index (χ3v) is 2.86. The molecule has 3 aromatic rings. The average Bonchev–Trinajstić information content (AvgIpc) is 2.90. The van der Waals surface area contributed by atoms with Gasteiger partial charge < -0.3 is 9.72 Å². The van der Waals surface area contributed by atoms with Gasteiger partial charge in [0.05, 0.1) is 25.3 Å². The Morgan fingerprint density at radius 3 is 2.78 bits per heavy atom. The molecule has 0 atom stereocenters. The van der Waals surface area contributed by atoms with Crippen molar-refractivity contribution in [2.45, 2.75) is 0 Å². The van der Waals surface area contributed by atoms with E-state index in [-0.39, 0.29) is 5.56 Å². The van der Waals surface area contributed by atoms with Crippen LogP contribution in [0.15, 0.2) is 47.8 Å². The molecule has 0 unspecified atom stereocenters. The first-order valence-electron chi connectivity index (χ1n) is 5.48. The van der Waals surface area contributed by atoms with Crippen LogP contribution in [0.25, 0.3) is 16.8 Å². The summed E-state index contributed by atoms with van der Waals surface area (Å²) in [5.41, 5.74) is 2.24. The molecule has 5 nitrogen and oxygen atoms in total. The summed E-state index contributed by atoms with van der Waals surface area (Å²) in [6.45, 7) is 0. The maximum Gasteiger partial charge on any atom is 0.273 e. The summed E-state index contributed by atoms with van der Waals surface area (Å²) in [6, 6.07) is 7.63. The average molecular weight is 241 g/mol. The molecule has 5 heteroatoms. The van der Waals surface area contributed by atoms with Crippen LogP contribution in [-0.2, 0) is 0 Å². The molecular formula is C13H11N3O2. The summed E-state index contributed by atoms with van der Waals surface area (Å²) in [6.07, 6.45) is 4.86. The number of fused-ring (bicyclic) bond motifs is 1. The Morgan fingerprint density at radius 1 is 1.28 bits per heavy atom. The summed E-state index contributed by atoms with van der Waals surface area (Å²) in [4.78, 5) is 18.3. The van der Waals surface area contributed by atoms with Crippen molar-refractivity contribution >= 4 is 5.52 Å². The number of hydrogen-bond acceptors (Lipinski definition) is 3. The molecule has 0 bridgehead atoms. The first-order valence-corrected chi connectivity index (χ1v) is 5.48. The van der Waals surface area contributed by atoms with Crippen molar-refractivity contribution in [1.29, 1.82) is 0 Å². The second-order valence-electron chi connectivity index (χ2n) is 3.88. The van der Waals surface area contributed by atoms with E-state index >= 15 is 0 Å². The predicted molar refractivity (Wildman–Crippen MR) is 67.8 cm³/mol. The lowest BCUT2D eigenvalue weighted by molar-refractivity contribution is 0.415. The van der Waals surface area contributed by atoms with E-state index in [0.717, 1.165) is 17.0 Å². The molecule has 1 N–H and O–H groups in total. The molecule has 2 aromatic heterocycles. The Morgan fingerprint density at radius 2 is 2.06 bits per heavy atom. The highest BCUT2D eigenvalue weighted by molar-refractivity contribution is 5.63. The molecule has 0 aliphatic heterocycles. The van der Waals surface area contributed by atoms with Gasteiger partial charge in [-0.05, 0) is 24.3 Å². The zero-order valence-electron chi connectivity index (χ0n) is 9.75. The lowest BCUT2D eigenvalue weighted by Crippen LogP contribution is -2.09. The summed E-state index contributed by atoms with van der Waals surface area (Å²) < 4.78 is 6.88. The molecule has 0 amide bonds. The number of imidazole rings is 1. The van der Waals surface area contributed by atoms with Crippen LogP contribution in [0.1, 0.15) is 0 Å². The number of nitrogens with one attached hydrogen (secondary N) is 1. The maximum absolute atomic E-state index is 11.6. The van der Waals surface area contributed by atoms with Gasteiger partial charge in [-0.25, -0.2) is 4.98 Å². The van der Waals surface area contributed by atoms with E-state index in [0.29, 0.717) is 5.52 Å². The molecule has 90 valence electrons. The minimum absolute atomic E-state index is 0.148. The molecule has 0 spiro atoms. The fraction of sp³-hybridized carbons (Fsp3) is 0.0769. The highest BCUT2D eigenvalue weighted by Crippen LogP contribution is 2.21. The van der Waals surface area contributed by atoms with E-state index < -0.39 is 0 Å². The van der Waals surface area contributed by atoms with Gasteiger partial charge in [-0.1, -0.05) is 0 Å². The molecule has 3 rings (SSSR count). The Hall–Kier alpha value is -2.56. The number of H-pyrrole nitrogens is 1. The van der Waals surface area contributed by atoms with Gasteiger partial charge in [0.2, 0.25) is 0 Å². The molecule has 1 aromatic carbocycles. The van der Waals surface area contributed by atoms with Gasteiger partial charge >= 0.3 is 0 Å². The minimum Gasteiger partial charge on any atom is -0.497 e. The Balaban J connectivity index is 2.21. The smallest absolute Gasteiger partial charge is 0.273 e. The quantitative estimate of drug-likeness (QED) is 0.742. The number of aromatic amines is 1. The SMILES string of the molecule is COc1ccc(-c2c[nH]c(=O)c3cncn23)cc1. The highest BCUT2D eigenvalue weighted by Gasteiger charge is 2.06. The van der Waals surface area contributed by atoms with Crippen LogP contribution in [0.4, 0.5) is 0 Å². The van der Waals surface area contributed by atoms with Gasteiger partial charge in [-0.15, -0.1) is 0 Å². The van der Waals surface area contributed by atoms with Crippen molar-refractivity contribution in [2.24, 2.45) is 0 Å². The maximum atomic E-state index is 11.6. The van der Waals surface area contributed by atoms with Crippen LogP contribution in [-0.4, -0.2) is 21.5 Å². The van der Waals surface area contributed by atoms with Crippen LogP contribution >= 0.6 is 0 Å². The lowest BCUT2D eigenvalue weighted by atomic mass is 10.1. The van der Waals surface area contributed by atoms with E-state index in [4.69, 9.17) is 4.74 Å². The van der Waals surface area contributed by atoms with Crippen LogP contribution in [0.3, 0.4) is 0 Å². The van der Waals surface area contributed by atoms with E-state index in [1.165, 1.54) is 0 Å². The summed E-state index contributed by atoms with van der Waals surface area (Å²) >= 11 is 0. The second kappa shape index (κ2) is 4.03. The number of rotatable bonds is 2. The largest absolute Gasteiger partial charge is 0.497 e. The first-order chi connectivity index (χ1) is 8.79. The van der Waals surface area contributed by atoms with Crippen molar-refractivity contribution in [3.8, 4) is 17.0 Å². The molecule has 2 heterocycles. The zero-order chi connectivity index (χ0) is 12.5. The van der Waals surface area contributed by atoms with Crippen LogP contribution in [0.5, 0.6) is 5.75 Å². The molecule has 0 aliphatic rings. The minimum atomic E-state index is -0.148. The summed E-state index contributed by atoms with van der Waals surface area (Å²) in [5.74, 6) is 0.796. The number of hydrogen-bond donors (Lipinski definition) is 1. The fourth-order valence-electron chi connectivity index (χ4n) is 1.92. The van der Waals surface area contributed by atoms with Gasteiger partial charge in [-0.3, -0.25) is 9.20 Å². The summed E-state index contributed by atoms with van der Waals surface area (Å²) in [7, 11) is 1.63. The molecule has 0 fully saturated rings. The van der Waals surface area contributed by atoms with E-state index in [1.54, 1.807) is 30.2 Å². The van der Waals surface area contributed by atoms with Crippen molar-refractivity contribution in [1.82, 2.24) is 14.4 Å². The second-order valence-corrected chi connectivity index (χ2v) is 3.88. The van der Waals surface area contributed by atoms with Gasteiger partial charge in [-0.2, -0.15) is 0 Å². The lowest BCUT2D eigenvalue weighted by Gasteiger charge is -2.06. The van der Waals surface area contributed by atoms with Gasteiger partial charge in [0, 0.05) is 11.8 Å². The van der Waals surface area contributed by atoms with Gasteiger partial charge in [0.1, 0.15) is 11.3 Å². The molecule has 0 saturated heterocycles. The molecular weight excluding hydrogens is 230 g/mol.